The van der Waals surface area contributed by atoms with Gasteiger partial charge in [0.1, 0.15) is 28.9 Å². The second-order valence-corrected chi connectivity index (χ2v) is 33.4. The molecule has 0 unspecified atom stereocenters. The standard InChI is InChI=1S/C26H28N4O3.C26H28N4O2.C25H25ClN4O2.C24H22F2N4O/c1-33-25-14-19(18-31)4-6-23(25)20-8-11-29(26(32)16-20)22-5-7-24-21(15-22)17-27-30(24)13-12-28-9-2-3-10-28;1-19-15-23(32-2)6-7-24(19)20-9-12-29(26(31)17-20)22-5-8-25-21(16-22)18-27-30(25)14-13-28-10-3-4-11-28;1-32-24-16-20(26)4-6-22(24)18-8-11-29(25(31)15-18)21-5-7-23-19(14-21)17-27-30(23)13-12-28-9-2-3-10-28;25-19-3-5-21(22(26)15-19)17-7-10-29(24(31)14-17)20-4-6-23-18(13-20)16-27-30(23)12-11-28-8-1-2-9-28/h4-8,11,14-17,31H,2-3,9-10,12-13,18H2,1H3;5-9,12,15-18H,3-4,10-11,13-14H2,1-2H3;4-8,11,14-17H,2-3,9-10,12-13H2,1H3;3-7,10,13-16H,1-2,8-9,11-12H2. The maximum absolute atomic E-state index is 14.1. The minimum atomic E-state index is -0.695. The molecular weight excluding hydrogens is 1640 g/mol. The smallest absolute Gasteiger partial charge is 0.255 e. The van der Waals surface area contributed by atoms with Crippen LogP contribution < -0.4 is 36.4 Å². The first-order valence-electron chi connectivity index (χ1n) is 43.9. The second-order valence-electron chi connectivity index (χ2n) is 33.0. The van der Waals surface area contributed by atoms with Crippen molar-refractivity contribution < 1.29 is 28.1 Å². The van der Waals surface area contributed by atoms with Crippen LogP contribution in [0, 0.1) is 18.6 Å². The number of nitrogens with zero attached hydrogens (tertiary/aromatic N) is 16. The molecule has 0 saturated carbocycles. The van der Waals surface area contributed by atoms with Gasteiger partial charge in [-0.3, -0.25) is 56.2 Å². The van der Waals surface area contributed by atoms with E-state index in [0.717, 1.165) is 182 Å². The highest BCUT2D eigenvalue weighted by Crippen LogP contribution is 2.35. The molecule has 8 aromatic carbocycles. The Hall–Kier alpha value is -13.2. The lowest BCUT2D eigenvalue weighted by molar-refractivity contribution is 0.281. The Morgan fingerprint density at radius 3 is 1.00 bits per heavy atom. The average Bonchev–Trinajstić information content (AvgIpc) is 1.63. The minimum absolute atomic E-state index is 0.0570. The number of likely N-dealkylation sites (tertiary alicyclic amines) is 4. The maximum Gasteiger partial charge on any atom is 0.255 e. The monoisotopic (exact) mass is 1740 g/mol. The van der Waals surface area contributed by atoms with Gasteiger partial charge in [0.25, 0.3) is 22.2 Å². The number of aromatic nitrogens is 12. The molecule has 16 aromatic rings. The molecule has 12 heterocycles. The molecule has 20 rings (SSSR count). The van der Waals surface area contributed by atoms with Crippen LogP contribution in [0.5, 0.6) is 17.2 Å². The van der Waals surface area contributed by atoms with E-state index in [0.29, 0.717) is 27.8 Å². The fourth-order valence-electron chi connectivity index (χ4n) is 17.8. The first-order valence-corrected chi connectivity index (χ1v) is 44.2. The molecular formula is C101H103ClF2N16O8. The van der Waals surface area contributed by atoms with Gasteiger partial charge in [0.2, 0.25) is 0 Å². The van der Waals surface area contributed by atoms with E-state index in [4.69, 9.17) is 25.8 Å². The van der Waals surface area contributed by atoms with Crippen LogP contribution in [0.4, 0.5) is 8.78 Å². The van der Waals surface area contributed by atoms with Gasteiger partial charge in [-0.05, 0) is 295 Å². The van der Waals surface area contributed by atoms with E-state index in [2.05, 4.69) is 55.4 Å². The largest absolute Gasteiger partial charge is 0.497 e. The topological polar surface area (TPSA) is 220 Å². The Morgan fingerprint density at radius 2 is 0.672 bits per heavy atom. The number of aliphatic hydroxyl groups is 1. The fourth-order valence-corrected chi connectivity index (χ4v) is 18.0. The van der Waals surface area contributed by atoms with Gasteiger partial charge in [-0.1, -0.05) is 29.8 Å². The fraction of sp³-hybridized carbons (Fsp3) is 0.287. The van der Waals surface area contributed by atoms with Crippen molar-refractivity contribution in [3.05, 3.63) is 313 Å². The van der Waals surface area contributed by atoms with E-state index in [-0.39, 0.29) is 34.4 Å². The number of hydrogen-bond donors (Lipinski definition) is 1. The van der Waals surface area contributed by atoms with Gasteiger partial charge < -0.3 is 38.9 Å². The number of ether oxygens (including phenoxy) is 3. The Bertz CT molecular complexity index is 6920. The summed E-state index contributed by atoms with van der Waals surface area (Å²) in [6, 6.07) is 57.8. The predicted octanol–water partition coefficient (Wildman–Crippen LogP) is 16.6. The molecule has 656 valence electrons. The summed E-state index contributed by atoms with van der Waals surface area (Å²) in [6.07, 6.45) is 24.8. The van der Waals surface area contributed by atoms with Gasteiger partial charge >= 0.3 is 0 Å². The highest BCUT2D eigenvalue weighted by molar-refractivity contribution is 6.30. The molecule has 0 aliphatic carbocycles. The maximum atomic E-state index is 14.1. The Morgan fingerprint density at radius 1 is 0.344 bits per heavy atom. The normalized spacial score (nSPS) is 14.3. The summed E-state index contributed by atoms with van der Waals surface area (Å²) in [7, 11) is 4.84. The van der Waals surface area contributed by atoms with Crippen LogP contribution in [-0.4, -0.2) is 182 Å². The zero-order valence-corrected chi connectivity index (χ0v) is 73.1. The van der Waals surface area contributed by atoms with Gasteiger partial charge in [0.05, 0.1) is 101 Å². The van der Waals surface area contributed by atoms with Crippen LogP contribution in [0.25, 0.3) is 111 Å². The molecule has 24 nitrogen and oxygen atoms in total. The minimum Gasteiger partial charge on any atom is -0.497 e. The zero-order valence-electron chi connectivity index (χ0n) is 72.4. The van der Waals surface area contributed by atoms with E-state index in [1.54, 1.807) is 96.1 Å². The van der Waals surface area contributed by atoms with Gasteiger partial charge in [0.15, 0.2) is 0 Å². The molecule has 4 saturated heterocycles. The molecule has 0 atom stereocenters. The molecule has 0 amide bonds. The summed E-state index contributed by atoms with van der Waals surface area (Å²) < 4.78 is 58.1. The predicted molar refractivity (Wildman–Crippen MR) is 501 cm³/mol. The lowest BCUT2D eigenvalue weighted by Gasteiger charge is -2.14. The van der Waals surface area contributed by atoms with E-state index in [1.165, 1.54) is 113 Å². The van der Waals surface area contributed by atoms with Gasteiger partial charge in [-0.25, -0.2) is 8.78 Å². The first-order chi connectivity index (χ1) is 62.5. The van der Waals surface area contributed by atoms with Crippen molar-refractivity contribution in [1.82, 2.24) is 77.0 Å². The number of benzene rings is 8. The third kappa shape index (κ3) is 19.8. The highest BCUT2D eigenvalue weighted by atomic mass is 35.5. The van der Waals surface area contributed by atoms with Crippen molar-refractivity contribution >= 4 is 55.2 Å². The van der Waals surface area contributed by atoms with E-state index < -0.39 is 11.6 Å². The molecule has 0 bridgehead atoms. The summed E-state index contributed by atoms with van der Waals surface area (Å²) in [4.78, 5) is 61.5. The molecule has 4 aliphatic heterocycles. The van der Waals surface area contributed by atoms with E-state index in [1.807, 2.05) is 169 Å². The van der Waals surface area contributed by atoms with Crippen LogP contribution in [0.1, 0.15) is 62.5 Å². The lowest BCUT2D eigenvalue weighted by atomic mass is 10.0. The Kier molecular flexibility index (Phi) is 27.0. The van der Waals surface area contributed by atoms with Crippen molar-refractivity contribution in [3.63, 3.8) is 0 Å². The molecule has 4 fully saturated rings. The molecule has 27 heteroatoms. The zero-order chi connectivity index (χ0) is 88.3. The number of hydrogen-bond acceptors (Lipinski definition) is 16. The van der Waals surface area contributed by atoms with Crippen LogP contribution in [-0.2, 0) is 32.8 Å². The Balaban J connectivity index is 0.000000120. The summed E-state index contributed by atoms with van der Waals surface area (Å²) in [5.74, 6) is 0.733. The van der Waals surface area contributed by atoms with E-state index in [9.17, 15) is 33.1 Å². The van der Waals surface area contributed by atoms with Crippen molar-refractivity contribution in [2.75, 3.05) is 99.9 Å². The van der Waals surface area contributed by atoms with E-state index >= 15 is 0 Å². The second kappa shape index (κ2) is 39.8. The number of methoxy groups -OCH3 is 3. The number of rotatable bonds is 24. The molecule has 0 spiro atoms. The van der Waals surface area contributed by atoms with Crippen molar-refractivity contribution in [2.45, 2.75) is 91.1 Å². The summed E-state index contributed by atoms with van der Waals surface area (Å²) in [6.45, 7) is 18.9. The number of halogens is 3. The third-order valence-corrected chi connectivity index (χ3v) is 25.1. The summed E-state index contributed by atoms with van der Waals surface area (Å²) in [5.41, 5.74) is 14.5. The summed E-state index contributed by atoms with van der Waals surface area (Å²) >= 11 is 6.07. The van der Waals surface area contributed by atoms with Crippen LogP contribution in [0.15, 0.2) is 263 Å². The van der Waals surface area contributed by atoms with Crippen molar-refractivity contribution in [3.8, 4) is 84.5 Å². The first kappa shape index (κ1) is 86.9. The van der Waals surface area contributed by atoms with Crippen LogP contribution in [0.2, 0.25) is 5.02 Å². The number of aryl methyl sites for hydroxylation is 1. The van der Waals surface area contributed by atoms with Gasteiger partial charge in [-0.15, -0.1) is 0 Å². The molecule has 1 N–H and O–H groups in total. The Labute approximate surface area is 744 Å². The van der Waals surface area contributed by atoms with Crippen molar-refractivity contribution in [1.29, 1.82) is 0 Å². The van der Waals surface area contributed by atoms with Gasteiger partial charge in [0, 0.05) is 147 Å². The van der Waals surface area contributed by atoms with Crippen molar-refractivity contribution in [2.24, 2.45) is 0 Å². The lowest BCUT2D eigenvalue weighted by Crippen LogP contribution is -2.24. The number of fused-ring (bicyclic) bond motifs is 4. The summed E-state index contributed by atoms with van der Waals surface area (Å²) in [5, 5.41) is 32.2. The number of pyridine rings is 4. The SMILES string of the molecule is COc1cc(CO)ccc1-c1ccn(-c2ccc3c(cnn3CCN3CCCC3)c2)c(=O)c1.COc1cc(Cl)ccc1-c1ccn(-c2ccc3c(cnn3CCN3CCCC3)c2)c(=O)c1.COc1ccc(-c2ccn(-c3ccc4c(cnn4CCN4CCCC4)c3)c(=O)c2)c(C)c1.O=c1cc(-c2ccc(F)cc2F)ccn1-c1ccc2c(cnn2CCN2CCCC2)c1. The molecule has 128 heavy (non-hydrogen) atoms. The molecule has 8 aromatic heterocycles. The highest BCUT2D eigenvalue weighted by Gasteiger charge is 2.21. The average molecular weight is 1740 g/mol. The third-order valence-electron chi connectivity index (χ3n) is 24.8. The molecule has 0 radical (unpaired) electrons. The molecule has 4 aliphatic rings. The number of aliphatic hydroxyl groups excluding tert-OH is 1. The quantitative estimate of drug-likeness (QED) is 0.0594. The van der Waals surface area contributed by atoms with Gasteiger partial charge in [-0.2, -0.15) is 20.4 Å². The van der Waals surface area contributed by atoms with Crippen LogP contribution in [0.3, 0.4) is 0 Å². The van der Waals surface area contributed by atoms with Crippen LogP contribution >= 0.6 is 11.6 Å².